The molecule has 0 atom stereocenters. The van der Waals surface area contributed by atoms with Gasteiger partial charge in [-0.05, 0) is 0 Å². The van der Waals surface area contributed by atoms with Gasteiger partial charge in [0.05, 0.1) is 37.7 Å². The Bertz CT molecular complexity index is 617. The maximum Gasteiger partial charge on any atom is 0.159 e. The molecule has 0 amide bonds. The second kappa shape index (κ2) is 5.50. The molecule has 1 aromatic heterocycles. The molecule has 21 heavy (non-hydrogen) atoms. The summed E-state index contributed by atoms with van der Waals surface area (Å²) < 4.78 is 7.84. The Balaban J connectivity index is 1.83. The minimum atomic E-state index is 0.791. The summed E-state index contributed by atoms with van der Waals surface area (Å²) in [5.74, 6) is 1.06. The standard InChI is InChI=1S/C16H20N4O/c1-2-4-13(5-3-1)16-18-14-12-17-7-6-15(14)20(16)19-8-10-21-11-9-19/h1-5,17H,6-12H2. The average molecular weight is 284 g/mol. The van der Waals surface area contributed by atoms with Crippen LogP contribution < -0.4 is 10.3 Å². The molecule has 0 radical (unpaired) electrons. The number of ether oxygens (including phenoxy) is 1. The highest BCUT2D eigenvalue weighted by atomic mass is 16.5. The van der Waals surface area contributed by atoms with Gasteiger partial charge in [0.15, 0.2) is 5.82 Å². The zero-order valence-electron chi connectivity index (χ0n) is 12.1. The van der Waals surface area contributed by atoms with Gasteiger partial charge in [-0.15, -0.1) is 0 Å². The Morgan fingerprint density at radius 3 is 2.71 bits per heavy atom. The van der Waals surface area contributed by atoms with Crippen LogP contribution in [0.4, 0.5) is 0 Å². The van der Waals surface area contributed by atoms with Crippen molar-refractivity contribution < 1.29 is 4.74 Å². The van der Waals surface area contributed by atoms with Crippen molar-refractivity contribution in [3.8, 4) is 11.4 Å². The van der Waals surface area contributed by atoms with E-state index in [0.29, 0.717) is 0 Å². The third kappa shape index (κ3) is 2.32. The SMILES string of the molecule is c1ccc(-c2nc3c(n2N2CCOCC2)CCNC3)cc1. The highest BCUT2D eigenvalue weighted by molar-refractivity contribution is 5.57. The van der Waals surface area contributed by atoms with Crippen molar-refractivity contribution >= 4 is 0 Å². The number of hydrogen-bond acceptors (Lipinski definition) is 4. The van der Waals surface area contributed by atoms with Crippen LogP contribution in [0.1, 0.15) is 11.4 Å². The Hall–Kier alpha value is -1.85. The van der Waals surface area contributed by atoms with Crippen molar-refractivity contribution in [3.05, 3.63) is 41.7 Å². The quantitative estimate of drug-likeness (QED) is 0.899. The summed E-state index contributed by atoms with van der Waals surface area (Å²) in [5, 5.41) is 5.79. The molecule has 0 saturated carbocycles. The Morgan fingerprint density at radius 1 is 1.10 bits per heavy atom. The minimum Gasteiger partial charge on any atom is -0.378 e. The van der Waals surface area contributed by atoms with Crippen LogP contribution in [0.25, 0.3) is 11.4 Å². The van der Waals surface area contributed by atoms with Gasteiger partial charge in [0, 0.05) is 25.1 Å². The highest BCUT2D eigenvalue weighted by Gasteiger charge is 2.25. The molecule has 2 aliphatic rings. The van der Waals surface area contributed by atoms with Gasteiger partial charge in [-0.1, -0.05) is 30.3 Å². The van der Waals surface area contributed by atoms with Gasteiger partial charge in [-0.3, -0.25) is 0 Å². The molecule has 0 spiro atoms. The van der Waals surface area contributed by atoms with E-state index in [9.17, 15) is 0 Å². The van der Waals surface area contributed by atoms with Crippen molar-refractivity contribution in [3.63, 3.8) is 0 Å². The van der Waals surface area contributed by atoms with Crippen molar-refractivity contribution in [2.24, 2.45) is 0 Å². The zero-order chi connectivity index (χ0) is 14.1. The molecule has 2 aromatic rings. The summed E-state index contributed by atoms with van der Waals surface area (Å²) in [6.45, 7) is 5.33. The highest BCUT2D eigenvalue weighted by Crippen LogP contribution is 2.25. The molecule has 4 rings (SSSR count). The third-order valence-corrected chi connectivity index (χ3v) is 4.16. The lowest BCUT2D eigenvalue weighted by atomic mass is 10.2. The average Bonchev–Trinajstić information content (AvgIpc) is 2.96. The number of rotatable bonds is 2. The van der Waals surface area contributed by atoms with Gasteiger partial charge < -0.3 is 15.1 Å². The lowest BCUT2D eigenvalue weighted by Gasteiger charge is -2.33. The van der Waals surface area contributed by atoms with Crippen LogP contribution in [-0.4, -0.2) is 42.5 Å². The largest absolute Gasteiger partial charge is 0.378 e. The molecule has 1 saturated heterocycles. The second-order valence-corrected chi connectivity index (χ2v) is 5.50. The second-order valence-electron chi connectivity index (χ2n) is 5.50. The third-order valence-electron chi connectivity index (χ3n) is 4.16. The molecule has 0 aliphatic carbocycles. The molecule has 0 bridgehead atoms. The van der Waals surface area contributed by atoms with Crippen LogP contribution >= 0.6 is 0 Å². The minimum absolute atomic E-state index is 0.791. The Kier molecular flexibility index (Phi) is 3.37. The van der Waals surface area contributed by atoms with Gasteiger partial charge >= 0.3 is 0 Å². The molecule has 110 valence electrons. The van der Waals surface area contributed by atoms with Crippen LogP contribution in [0.5, 0.6) is 0 Å². The van der Waals surface area contributed by atoms with Gasteiger partial charge in [-0.2, -0.15) is 0 Å². The van der Waals surface area contributed by atoms with Crippen LogP contribution in [-0.2, 0) is 17.7 Å². The number of hydrogen-bond donors (Lipinski definition) is 1. The maximum absolute atomic E-state index is 5.50. The first-order valence-electron chi connectivity index (χ1n) is 7.63. The summed E-state index contributed by atoms with van der Waals surface area (Å²) >= 11 is 0. The summed E-state index contributed by atoms with van der Waals surface area (Å²) in [6.07, 6.45) is 1.03. The smallest absolute Gasteiger partial charge is 0.159 e. The number of benzene rings is 1. The van der Waals surface area contributed by atoms with Crippen molar-refractivity contribution in [2.75, 3.05) is 37.9 Å². The molecule has 5 nitrogen and oxygen atoms in total. The predicted octanol–water partition coefficient (Wildman–Crippen LogP) is 1.16. The zero-order valence-corrected chi connectivity index (χ0v) is 12.1. The summed E-state index contributed by atoms with van der Waals surface area (Å²) in [4.78, 5) is 4.91. The number of aromatic nitrogens is 2. The fraction of sp³-hybridized carbons (Fsp3) is 0.438. The van der Waals surface area contributed by atoms with Crippen LogP contribution in [0.3, 0.4) is 0 Å². The van der Waals surface area contributed by atoms with Crippen molar-refractivity contribution in [2.45, 2.75) is 13.0 Å². The van der Waals surface area contributed by atoms with E-state index < -0.39 is 0 Å². The summed E-state index contributed by atoms with van der Waals surface area (Å²) in [5.41, 5.74) is 3.72. The summed E-state index contributed by atoms with van der Waals surface area (Å²) in [7, 11) is 0. The van der Waals surface area contributed by atoms with Gasteiger partial charge in [0.2, 0.25) is 0 Å². The molecule has 1 fully saturated rings. The van der Waals surface area contributed by atoms with E-state index in [2.05, 4.69) is 39.3 Å². The number of nitrogens with zero attached hydrogens (tertiary/aromatic N) is 3. The monoisotopic (exact) mass is 284 g/mol. The molecule has 1 N–H and O–H groups in total. The molecule has 5 heteroatoms. The van der Waals surface area contributed by atoms with Crippen LogP contribution in [0.15, 0.2) is 30.3 Å². The molecular formula is C16H20N4O. The maximum atomic E-state index is 5.50. The first kappa shape index (κ1) is 12.9. The van der Waals surface area contributed by atoms with E-state index in [0.717, 1.165) is 51.6 Å². The van der Waals surface area contributed by atoms with E-state index in [4.69, 9.17) is 9.72 Å². The fourth-order valence-corrected chi connectivity index (χ4v) is 3.13. The van der Waals surface area contributed by atoms with E-state index >= 15 is 0 Å². The molecule has 3 heterocycles. The first-order chi connectivity index (χ1) is 10.4. The van der Waals surface area contributed by atoms with Gasteiger partial charge in [0.1, 0.15) is 0 Å². The number of imidazole rings is 1. The van der Waals surface area contributed by atoms with Crippen LogP contribution in [0.2, 0.25) is 0 Å². The van der Waals surface area contributed by atoms with E-state index in [1.54, 1.807) is 0 Å². The number of morpholine rings is 1. The van der Waals surface area contributed by atoms with E-state index in [1.807, 2.05) is 6.07 Å². The van der Waals surface area contributed by atoms with Gasteiger partial charge in [0.25, 0.3) is 0 Å². The summed E-state index contributed by atoms with van der Waals surface area (Å²) in [6, 6.07) is 10.5. The van der Waals surface area contributed by atoms with Crippen molar-refractivity contribution in [1.82, 2.24) is 15.0 Å². The number of fused-ring (bicyclic) bond motifs is 1. The van der Waals surface area contributed by atoms with E-state index in [-0.39, 0.29) is 0 Å². The molecule has 0 unspecified atom stereocenters. The van der Waals surface area contributed by atoms with Crippen LogP contribution in [0, 0.1) is 0 Å². The van der Waals surface area contributed by atoms with Gasteiger partial charge in [-0.25, -0.2) is 9.66 Å². The first-order valence-corrected chi connectivity index (χ1v) is 7.63. The molecular weight excluding hydrogens is 264 g/mol. The fourth-order valence-electron chi connectivity index (χ4n) is 3.13. The lowest BCUT2D eigenvalue weighted by molar-refractivity contribution is 0.111. The topological polar surface area (TPSA) is 42.3 Å². The normalized spacial score (nSPS) is 18.6. The van der Waals surface area contributed by atoms with E-state index in [1.165, 1.54) is 17.0 Å². The predicted molar refractivity (Wildman–Crippen MR) is 81.8 cm³/mol. The molecule has 2 aliphatic heterocycles. The van der Waals surface area contributed by atoms with Crippen molar-refractivity contribution in [1.29, 1.82) is 0 Å². The Labute approximate surface area is 124 Å². The Morgan fingerprint density at radius 2 is 1.90 bits per heavy atom. The molecule has 1 aromatic carbocycles. The number of nitrogens with one attached hydrogen (secondary N) is 1. The lowest BCUT2D eigenvalue weighted by Crippen LogP contribution is -2.45.